The number of benzene rings is 3. The van der Waals surface area contributed by atoms with E-state index in [1.165, 1.54) is 30.5 Å². The van der Waals surface area contributed by atoms with E-state index in [1.807, 2.05) is 24.3 Å². The van der Waals surface area contributed by atoms with Gasteiger partial charge in [-0.25, -0.2) is 9.37 Å². The van der Waals surface area contributed by atoms with E-state index in [0.717, 1.165) is 15.2 Å². The Hall–Kier alpha value is -4.04. The van der Waals surface area contributed by atoms with E-state index in [1.54, 1.807) is 30.3 Å². The molecule has 0 fully saturated rings. The quantitative estimate of drug-likeness (QED) is 0.381. The van der Waals surface area contributed by atoms with Crippen LogP contribution in [0.25, 0.3) is 32.5 Å². The first-order valence-electron chi connectivity index (χ1n) is 10.2. The van der Waals surface area contributed by atoms with Gasteiger partial charge in [-0.2, -0.15) is 0 Å². The fourth-order valence-electron chi connectivity index (χ4n) is 3.65. The van der Waals surface area contributed by atoms with Gasteiger partial charge in [0.2, 0.25) is 0 Å². The number of hydrogen-bond donors (Lipinski definition) is 2. The molecule has 0 unspecified atom stereocenters. The summed E-state index contributed by atoms with van der Waals surface area (Å²) >= 11 is 1.53. The molecule has 5 rings (SSSR count). The standard InChI is InChI=1S/C25H18FN3O3S/c1-27-25(31)22-17-12-15(8-11-19(17)32-23(22)14-6-9-16(26)10-7-14)24(30)28-13-21-29-18-4-2-3-5-20(18)33-21/h2-12H,13H2,1H3,(H,27,31)(H,28,30). The molecule has 0 aliphatic heterocycles. The minimum atomic E-state index is -0.386. The lowest BCUT2D eigenvalue weighted by Crippen LogP contribution is -2.22. The molecular weight excluding hydrogens is 441 g/mol. The van der Waals surface area contributed by atoms with Crippen molar-refractivity contribution in [2.75, 3.05) is 7.05 Å². The number of aromatic nitrogens is 1. The zero-order valence-electron chi connectivity index (χ0n) is 17.5. The van der Waals surface area contributed by atoms with E-state index in [4.69, 9.17) is 4.42 Å². The molecule has 0 spiro atoms. The minimum absolute atomic E-state index is 0.288. The molecule has 33 heavy (non-hydrogen) atoms. The third-order valence-electron chi connectivity index (χ3n) is 5.25. The van der Waals surface area contributed by atoms with Crippen LogP contribution in [0.1, 0.15) is 25.7 Å². The summed E-state index contributed by atoms with van der Waals surface area (Å²) in [5.41, 5.74) is 2.60. The van der Waals surface area contributed by atoms with Gasteiger partial charge in [-0.1, -0.05) is 12.1 Å². The number of furan rings is 1. The first kappa shape index (κ1) is 20.8. The van der Waals surface area contributed by atoms with Crippen molar-refractivity contribution in [3.63, 3.8) is 0 Å². The molecule has 0 bridgehead atoms. The lowest BCUT2D eigenvalue weighted by Gasteiger charge is -2.04. The van der Waals surface area contributed by atoms with Crippen LogP contribution < -0.4 is 10.6 Å². The van der Waals surface area contributed by atoms with Gasteiger partial charge in [-0.3, -0.25) is 9.59 Å². The largest absolute Gasteiger partial charge is 0.455 e. The molecule has 0 radical (unpaired) electrons. The zero-order chi connectivity index (χ0) is 22.9. The van der Waals surface area contributed by atoms with Crippen LogP contribution in [-0.2, 0) is 6.54 Å². The van der Waals surface area contributed by atoms with Crippen LogP contribution in [0.4, 0.5) is 4.39 Å². The molecule has 2 heterocycles. The van der Waals surface area contributed by atoms with E-state index in [9.17, 15) is 14.0 Å². The maximum absolute atomic E-state index is 13.4. The Morgan fingerprint density at radius 1 is 1.03 bits per heavy atom. The third kappa shape index (κ3) is 3.96. The van der Waals surface area contributed by atoms with Crippen molar-refractivity contribution in [2.24, 2.45) is 0 Å². The first-order valence-corrected chi connectivity index (χ1v) is 11.0. The highest BCUT2D eigenvalue weighted by molar-refractivity contribution is 7.18. The van der Waals surface area contributed by atoms with Crippen molar-refractivity contribution in [1.82, 2.24) is 15.6 Å². The lowest BCUT2D eigenvalue weighted by molar-refractivity contribution is 0.0946. The number of para-hydroxylation sites is 1. The Bertz CT molecular complexity index is 1470. The summed E-state index contributed by atoms with van der Waals surface area (Å²) in [4.78, 5) is 30.0. The van der Waals surface area contributed by atoms with E-state index < -0.39 is 0 Å². The monoisotopic (exact) mass is 459 g/mol. The molecule has 0 saturated heterocycles. The first-order chi connectivity index (χ1) is 16.0. The fourth-order valence-corrected chi connectivity index (χ4v) is 4.55. The number of rotatable bonds is 5. The Kier molecular flexibility index (Phi) is 5.35. The van der Waals surface area contributed by atoms with Crippen LogP contribution in [0.3, 0.4) is 0 Å². The molecule has 0 aliphatic carbocycles. The van der Waals surface area contributed by atoms with Gasteiger partial charge in [0.15, 0.2) is 0 Å². The van der Waals surface area contributed by atoms with Crippen molar-refractivity contribution in [3.8, 4) is 11.3 Å². The van der Waals surface area contributed by atoms with E-state index in [2.05, 4.69) is 15.6 Å². The van der Waals surface area contributed by atoms with Crippen LogP contribution in [0.5, 0.6) is 0 Å². The van der Waals surface area contributed by atoms with Crippen LogP contribution in [-0.4, -0.2) is 23.8 Å². The fraction of sp³-hybridized carbons (Fsp3) is 0.0800. The molecule has 2 aromatic heterocycles. The Morgan fingerprint density at radius 2 is 1.82 bits per heavy atom. The summed E-state index contributed by atoms with van der Waals surface area (Å²) < 4.78 is 20.4. The highest BCUT2D eigenvalue weighted by Crippen LogP contribution is 2.34. The van der Waals surface area contributed by atoms with Gasteiger partial charge >= 0.3 is 0 Å². The molecule has 0 aliphatic rings. The maximum Gasteiger partial charge on any atom is 0.255 e. The molecule has 8 heteroatoms. The SMILES string of the molecule is CNC(=O)c1c(-c2ccc(F)cc2)oc2ccc(C(=O)NCc3nc4ccccc4s3)cc12. The van der Waals surface area contributed by atoms with Gasteiger partial charge in [-0.15, -0.1) is 11.3 Å². The summed E-state index contributed by atoms with van der Waals surface area (Å²) in [5.74, 6) is -0.719. The van der Waals surface area contributed by atoms with Gasteiger partial charge in [0.1, 0.15) is 22.2 Å². The van der Waals surface area contributed by atoms with Crippen molar-refractivity contribution >= 4 is 44.3 Å². The van der Waals surface area contributed by atoms with Crippen molar-refractivity contribution < 1.29 is 18.4 Å². The summed E-state index contributed by atoms with van der Waals surface area (Å²) in [5, 5.41) is 6.80. The third-order valence-corrected chi connectivity index (χ3v) is 6.29. The van der Waals surface area contributed by atoms with Crippen LogP contribution >= 0.6 is 11.3 Å². The zero-order valence-corrected chi connectivity index (χ0v) is 18.3. The van der Waals surface area contributed by atoms with Gasteiger partial charge in [-0.05, 0) is 54.6 Å². The number of halogens is 1. The number of amides is 2. The molecule has 3 aromatic carbocycles. The topological polar surface area (TPSA) is 84.2 Å². The summed E-state index contributed by atoms with van der Waals surface area (Å²) in [7, 11) is 1.52. The number of hydrogen-bond acceptors (Lipinski definition) is 5. The second-order valence-corrected chi connectivity index (χ2v) is 8.48. The van der Waals surface area contributed by atoms with Crippen LogP contribution in [0.2, 0.25) is 0 Å². The van der Waals surface area contributed by atoms with Crippen LogP contribution in [0, 0.1) is 5.82 Å². The molecule has 6 nitrogen and oxygen atoms in total. The summed E-state index contributed by atoms with van der Waals surface area (Å²) in [6.07, 6.45) is 0. The van der Waals surface area contributed by atoms with E-state index in [-0.39, 0.29) is 17.6 Å². The number of carbonyl (C=O) groups is 2. The molecule has 2 N–H and O–H groups in total. The maximum atomic E-state index is 13.4. The number of fused-ring (bicyclic) bond motifs is 2. The van der Waals surface area contributed by atoms with E-state index >= 15 is 0 Å². The number of thiazole rings is 1. The number of carbonyl (C=O) groups excluding carboxylic acids is 2. The molecule has 164 valence electrons. The summed E-state index contributed by atoms with van der Waals surface area (Å²) in [6, 6.07) is 18.4. The van der Waals surface area contributed by atoms with Crippen molar-refractivity contribution in [2.45, 2.75) is 6.54 Å². The average Bonchev–Trinajstić information content (AvgIpc) is 3.43. The second kappa shape index (κ2) is 8.48. The molecular formula is C25H18FN3O3S. The highest BCUT2D eigenvalue weighted by Gasteiger charge is 2.22. The Labute approximate surface area is 192 Å². The molecule has 2 amide bonds. The smallest absolute Gasteiger partial charge is 0.255 e. The van der Waals surface area contributed by atoms with Gasteiger partial charge in [0.25, 0.3) is 11.8 Å². The Balaban J connectivity index is 1.46. The molecule has 0 saturated carbocycles. The number of nitrogens with one attached hydrogen (secondary N) is 2. The van der Waals surface area contributed by atoms with Crippen molar-refractivity contribution in [3.05, 3.63) is 88.7 Å². The predicted molar refractivity (Wildman–Crippen MR) is 126 cm³/mol. The molecule has 5 aromatic rings. The predicted octanol–water partition coefficient (Wildman–Crippen LogP) is 5.14. The van der Waals surface area contributed by atoms with Gasteiger partial charge < -0.3 is 15.1 Å². The highest BCUT2D eigenvalue weighted by atomic mass is 32.1. The normalized spacial score (nSPS) is 11.1. The minimum Gasteiger partial charge on any atom is -0.455 e. The summed E-state index contributed by atoms with van der Waals surface area (Å²) in [6.45, 7) is 0.296. The Morgan fingerprint density at radius 3 is 2.58 bits per heavy atom. The van der Waals surface area contributed by atoms with E-state index in [0.29, 0.717) is 40.0 Å². The van der Waals surface area contributed by atoms with Crippen molar-refractivity contribution in [1.29, 1.82) is 0 Å². The second-order valence-electron chi connectivity index (χ2n) is 7.36. The lowest BCUT2D eigenvalue weighted by atomic mass is 10.0. The average molecular weight is 460 g/mol. The van der Waals surface area contributed by atoms with Gasteiger partial charge in [0.05, 0.1) is 22.3 Å². The van der Waals surface area contributed by atoms with Crippen LogP contribution in [0.15, 0.2) is 71.1 Å². The number of nitrogens with zero attached hydrogens (tertiary/aromatic N) is 1. The molecule has 0 atom stereocenters. The van der Waals surface area contributed by atoms with Gasteiger partial charge in [0, 0.05) is 23.6 Å².